The first-order valence-corrected chi connectivity index (χ1v) is 6.75. The largest absolute Gasteiger partial charge is 0.367 e. The molecule has 0 aromatic carbocycles. The molecule has 0 bridgehead atoms. The van der Waals surface area contributed by atoms with Crippen molar-refractivity contribution < 1.29 is 0 Å². The monoisotopic (exact) mass is 233 g/mol. The molecule has 1 aliphatic rings. The highest BCUT2D eigenvalue weighted by molar-refractivity contribution is 5.36. The minimum Gasteiger partial charge on any atom is -0.367 e. The summed E-state index contributed by atoms with van der Waals surface area (Å²) < 4.78 is 0. The van der Waals surface area contributed by atoms with Crippen molar-refractivity contribution in [3.05, 3.63) is 18.1 Å². The van der Waals surface area contributed by atoms with Gasteiger partial charge in [-0.05, 0) is 31.6 Å². The Morgan fingerprint density at radius 3 is 2.53 bits per heavy atom. The molecular weight excluding hydrogens is 210 g/mol. The van der Waals surface area contributed by atoms with Crippen molar-refractivity contribution in [3.63, 3.8) is 0 Å². The summed E-state index contributed by atoms with van der Waals surface area (Å²) in [6.45, 7) is 6.59. The number of anilines is 1. The molecule has 1 aromatic rings. The number of aromatic nitrogens is 2. The highest BCUT2D eigenvalue weighted by Gasteiger charge is 2.21. The van der Waals surface area contributed by atoms with Crippen molar-refractivity contribution in [1.29, 1.82) is 0 Å². The predicted molar refractivity (Wildman–Crippen MR) is 71.2 cm³/mol. The fourth-order valence-corrected chi connectivity index (χ4v) is 2.58. The van der Waals surface area contributed by atoms with Crippen LogP contribution in [0.4, 0.5) is 5.82 Å². The summed E-state index contributed by atoms with van der Waals surface area (Å²) in [6, 6.07) is 2.60. The van der Waals surface area contributed by atoms with Crippen molar-refractivity contribution >= 4 is 5.82 Å². The summed E-state index contributed by atoms with van der Waals surface area (Å²) >= 11 is 0. The predicted octanol–water partition coefficient (Wildman–Crippen LogP) is 3.59. The van der Waals surface area contributed by atoms with E-state index in [-0.39, 0.29) is 0 Å². The van der Waals surface area contributed by atoms with Gasteiger partial charge in [0.25, 0.3) is 0 Å². The Balaban J connectivity index is 1.99. The van der Waals surface area contributed by atoms with Gasteiger partial charge in [0.2, 0.25) is 0 Å². The van der Waals surface area contributed by atoms with Gasteiger partial charge in [-0.3, -0.25) is 0 Å². The Bertz CT molecular complexity index is 356. The quantitative estimate of drug-likeness (QED) is 0.863. The van der Waals surface area contributed by atoms with Crippen LogP contribution in [0.15, 0.2) is 12.4 Å². The van der Waals surface area contributed by atoms with Gasteiger partial charge in [0.05, 0.1) is 0 Å². The molecule has 1 saturated carbocycles. The number of hydrogen-bond acceptors (Lipinski definition) is 3. The molecule has 2 rings (SSSR count). The molecule has 1 aromatic heterocycles. The summed E-state index contributed by atoms with van der Waals surface area (Å²) in [5.74, 6) is 2.25. The van der Waals surface area contributed by atoms with E-state index in [1.54, 1.807) is 6.33 Å². The summed E-state index contributed by atoms with van der Waals surface area (Å²) in [6.07, 6.45) is 7.15. The van der Waals surface area contributed by atoms with Gasteiger partial charge in [0.1, 0.15) is 12.1 Å². The Morgan fingerprint density at radius 2 is 1.88 bits per heavy atom. The van der Waals surface area contributed by atoms with Crippen LogP contribution in [-0.2, 0) is 0 Å². The van der Waals surface area contributed by atoms with E-state index in [1.807, 2.05) is 0 Å². The normalized spacial score (nSPS) is 18.6. The molecule has 0 radical (unpaired) electrons. The Labute approximate surface area is 104 Å². The van der Waals surface area contributed by atoms with E-state index in [2.05, 4.69) is 42.1 Å². The van der Waals surface area contributed by atoms with Crippen molar-refractivity contribution in [2.24, 2.45) is 5.92 Å². The highest BCUT2D eigenvalue weighted by atomic mass is 15.0. The summed E-state index contributed by atoms with van der Waals surface area (Å²) in [4.78, 5) is 8.60. The van der Waals surface area contributed by atoms with Crippen molar-refractivity contribution in [2.75, 3.05) is 5.32 Å². The minimum absolute atomic E-state index is 0.459. The van der Waals surface area contributed by atoms with E-state index in [0.29, 0.717) is 12.0 Å². The van der Waals surface area contributed by atoms with Crippen LogP contribution in [0.3, 0.4) is 0 Å². The number of rotatable bonds is 4. The van der Waals surface area contributed by atoms with Crippen LogP contribution < -0.4 is 5.32 Å². The topological polar surface area (TPSA) is 37.8 Å². The lowest BCUT2D eigenvalue weighted by atomic mass is 10.00. The molecule has 1 heterocycles. The van der Waals surface area contributed by atoms with E-state index in [4.69, 9.17) is 0 Å². The molecule has 1 fully saturated rings. The van der Waals surface area contributed by atoms with Crippen LogP contribution in [0.5, 0.6) is 0 Å². The van der Waals surface area contributed by atoms with E-state index >= 15 is 0 Å². The van der Waals surface area contributed by atoms with E-state index in [0.717, 1.165) is 17.4 Å². The second-order valence-corrected chi connectivity index (χ2v) is 5.46. The minimum atomic E-state index is 0.459. The maximum atomic E-state index is 4.31. The highest BCUT2D eigenvalue weighted by Crippen LogP contribution is 2.29. The second kappa shape index (κ2) is 5.48. The molecule has 1 aliphatic carbocycles. The first kappa shape index (κ1) is 12.3. The first-order chi connectivity index (χ1) is 8.16. The lowest BCUT2D eigenvalue weighted by Crippen LogP contribution is -2.24. The van der Waals surface area contributed by atoms with Gasteiger partial charge in [0, 0.05) is 17.8 Å². The first-order valence-electron chi connectivity index (χ1n) is 6.75. The summed E-state index contributed by atoms with van der Waals surface area (Å²) in [7, 11) is 0. The van der Waals surface area contributed by atoms with Crippen molar-refractivity contribution in [1.82, 2.24) is 9.97 Å². The zero-order chi connectivity index (χ0) is 12.3. The molecule has 0 saturated heterocycles. The van der Waals surface area contributed by atoms with Crippen LogP contribution >= 0.6 is 0 Å². The van der Waals surface area contributed by atoms with Gasteiger partial charge in [-0.15, -0.1) is 0 Å². The number of nitrogens with zero attached hydrogens (tertiary/aromatic N) is 2. The molecule has 0 amide bonds. The van der Waals surface area contributed by atoms with Gasteiger partial charge in [-0.1, -0.05) is 26.7 Å². The third kappa shape index (κ3) is 3.18. The molecule has 3 nitrogen and oxygen atoms in total. The standard InChI is InChI=1S/C14H23N3/c1-10(2)13-8-14(16-9-15-13)17-11(3)12-6-4-5-7-12/h8-12H,4-7H2,1-3H3,(H,15,16,17). The zero-order valence-electron chi connectivity index (χ0n) is 11.1. The molecule has 1 unspecified atom stereocenters. The zero-order valence-corrected chi connectivity index (χ0v) is 11.1. The second-order valence-electron chi connectivity index (χ2n) is 5.46. The molecule has 0 spiro atoms. The number of hydrogen-bond donors (Lipinski definition) is 1. The van der Waals surface area contributed by atoms with Crippen LogP contribution in [0.2, 0.25) is 0 Å². The average molecular weight is 233 g/mol. The lowest BCUT2D eigenvalue weighted by molar-refractivity contribution is 0.481. The third-order valence-electron chi connectivity index (χ3n) is 3.76. The number of nitrogens with one attached hydrogen (secondary N) is 1. The van der Waals surface area contributed by atoms with Gasteiger partial charge in [0.15, 0.2) is 0 Å². The SMILES string of the molecule is CC(C)c1cc(NC(C)C2CCCC2)ncn1. The fraction of sp³-hybridized carbons (Fsp3) is 0.714. The molecule has 0 aliphatic heterocycles. The van der Waals surface area contributed by atoms with Crippen molar-refractivity contribution in [2.45, 2.75) is 58.4 Å². The maximum Gasteiger partial charge on any atom is 0.129 e. The summed E-state index contributed by atoms with van der Waals surface area (Å²) in [5.41, 5.74) is 1.11. The van der Waals surface area contributed by atoms with Gasteiger partial charge >= 0.3 is 0 Å². The Kier molecular flexibility index (Phi) is 3.97. The molecular formula is C14H23N3. The van der Waals surface area contributed by atoms with Gasteiger partial charge in [-0.2, -0.15) is 0 Å². The van der Waals surface area contributed by atoms with Crippen LogP contribution in [0.1, 0.15) is 58.1 Å². The Hall–Kier alpha value is -1.12. The van der Waals surface area contributed by atoms with Crippen LogP contribution in [0.25, 0.3) is 0 Å². The van der Waals surface area contributed by atoms with E-state index in [1.165, 1.54) is 25.7 Å². The Morgan fingerprint density at radius 1 is 1.18 bits per heavy atom. The van der Waals surface area contributed by atoms with Crippen LogP contribution in [-0.4, -0.2) is 16.0 Å². The molecule has 1 N–H and O–H groups in total. The summed E-state index contributed by atoms with van der Waals surface area (Å²) in [5, 5.41) is 3.53. The van der Waals surface area contributed by atoms with Gasteiger partial charge in [-0.25, -0.2) is 9.97 Å². The van der Waals surface area contributed by atoms with E-state index < -0.39 is 0 Å². The van der Waals surface area contributed by atoms with Crippen molar-refractivity contribution in [3.8, 4) is 0 Å². The van der Waals surface area contributed by atoms with Gasteiger partial charge < -0.3 is 5.32 Å². The lowest BCUT2D eigenvalue weighted by Gasteiger charge is -2.21. The molecule has 17 heavy (non-hydrogen) atoms. The fourth-order valence-electron chi connectivity index (χ4n) is 2.58. The smallest absolute Gasteiger partial charge is 0.129 e. The average Bonchev–Trinajstić information content (AvgIpc) is 2.82. The van der Waals surface area contributed by atoms with Crippen LogP contribution in [0, 0.1) is 5.92 Å². The molecule has 1 atom stereocenters. The molecule has 3 heteroatoms. The van der Waals surface area contributed by atoms with E-state index in [9.17, 15) is 0 Å². The third-order valence-corrected chi connectivity index (χ3v) is 3.76. The molecule has 94 valence electrons. The maximum absolute atomic E-state index is 4.31.